The summed E-state index contributed by atoms with van der Waals surface area (Å²) < 4.78 is 11.1. The van der Waals surface area contributed by atoms with Crippen molar-refractivity contribution in [1.82, 2.24) is 5.32 Å². The van der Waals surface area contributed by atoms with E-state index in [4.69, 9.17) is 14.3 Å². The minimum absolute atomic E-state index is 0.125. The Balaban J connectivity index is 1.48. The molecule has 2 aromatic rings. The first-order valence-electron chi connectivity index (χ1n) is 12.0. The topological polar surface area (TPSA) is 98.2 Å². The molecule has 1 aliphatic rings. The fourth-order valence-corrected chi connectivity index (χ4v) is 4.29. The molecule has 0 unspecified atom stereocenters. The van der Waals surface area contributed by atoms with Crippen LogP contribution >= 0.6 is 0 Å². The Hall–Kier alpha value is -3.55. The molecule has 1 fully saturated rings. The van der Waals surface area contributed by atoms with Gasteiger partial charge in [0.15, 0.2) is 24.7 Å². The second-order valence-corrected chi connectivity index (χ2v) is 8.93. The predicted molar refractivity (Wildman–Crippen MR) is 136 cm³/mol. The van der Waals surface area contributed by atoms with E-state index in [1.54, 1.807) is 18.2 Å². The van der Waals surface area contributed by atoms with Gasteiger partial charge in [-0.05, 0) is 62.9 Å². The molecule has 0 bridgehead atoms. The largest absolute Gasteiger partial charge is 0.493 e. The molecule has 0 aliphatic heterocycles. The first-order valence-corrected chi connectivity index (χ1v) is 12.0. The van der Waals surface area contributed by atoms with Crippen molar-refractivity contribution in [2.45, 2.75) is 58.9 Å². The number of methoxy groups -OCH3 is 1. The van der Waals surface area contributed by atoms with Crippen LogP contribution in [0.4, 0.5) is 5.69 Å². The van der Waals surface area contributed by atoms with Gasteiger partial charge < -0.3 is 24.9 Å². The number of ether oxygens (including phenoxy) is 2. The molecular formula is C27H35N3O5. The molecule has 3 rings (SSSR count). The average Bonchev–Trinajstić information content (AvgIpc) is 2.83. The summed E-state index contributed by atoms with van der Waals surface area (Å²) in [6, 6.07) is 9.48. The Bertz CT molecular complexity index is 1040. The van der Waals surface area contributed by atoms with Gasteiger partial charge in [0, 0.05) is 17.3 Å². The number of carbonyl (C=O) groups excluding carboxylic acids is 2. The Morgan fingerprint density at radius 2 is 1.69 bits per heavy atom. The average molecular weight is 482 g/mol. The zero-order chi connectivity index (χ0) is 25.2. The van der Waals surface area contributed by atoms with E-state index in [0.717, 1.165) is 48.1 Å². The molecule has 8 heteroatoms. The number of oxime groups is 1. The Morgan fingerprint density at radius 1 is 0.971 bits per heavy atom. The Kier molecular flexibility index (Phi) is 9.52. The molecule has 0 saturated heterocycles. The maximum atomic E-state index is 12.4. The number of hydrogen-bond acceptors (Lipinski definition) is 6. The number of nitrogens with zero attached hydrogens (tertiary/aromatic N) is 1. The van der Waals surface area contributed by atoms with Crippen LogP contribution in [-0.2, 0) is 14.4 Å². The molecule has 188 valence electrons. The normalized spacial score (nSPS) is 13.9. The standard InChI is InChI=1S/C27H35N3O5/c1-18-12-19(2)27(20(3)13-18)30-25(31)16-34-23-11-10-21(14-24(23)33-4)15-28-35-17-26(32)29-22-8-6-5-7-9-22/h10-15,22H,5-9,16-17H2,1-4H3,(H,29,32)(H,30,31)/b28-15+. The molecule has 0 spiro atoms. The van der Waals surface area contributed by atoms with Crippen molar-refractivity contribution in [2.75, 3.05) is 25.6 Å². The second kappa shape index (κ2) is 12.8. The van der Waals surface area contributed by atoms with E-state index in [9.17, 15) is 9.59 Å². The van der Waals surface area contributed by atoms with Gasteiger partial charge >= 0.3 is 0 Å². The number of benzene rings is 2. The number of amides is 2. The van der Waals surface area contributed by atoms with E-state index < -0.39 is 0 Å². The summed E-state index contributed by atoms with van der Waals surface area (Å²) in [6.07, 6.45) is 7.09. The van der Waals surface area contributed by atoms with E-state index in [-0.39, 0.29) is 31.1 Å². The van der Waals surface area contributed by atoms with Crippen LogP contribution in [0, 0.1) is 20.8 Å². The monoisotopic (exact) mass is 481 g/mol. The molecular weight excluding hydrogens is 446 g/mol. The summed E-state index contributed by atoms with van der Waals surface area (Å²) in [6.45, 7) is 5.67. The molecule has 1 aliphatic carbocycles. The van der Waals surface area contributed by atoms with Gasteiger partial charge in [-0.3, -0.25) is 9.59 Å². The lowest BCUT2D eigenvalue weighted by atomic mass is 9.95. The number of anilines is 1. The lowest BCUT2D eigenvalue weighted by Gasteiger charge is -2.22. The van der Waals surface area contributed by atoms with Gasteiger partial charge in [-0.15, -0.1) is 0 Å². The summed E-state index contributed by atoms with van der Waals surface area (Å²) in [7, 11) is 1.52. The van der Waals surface area contributed by atoms with Gasteiger partial charge in [0.2, 0.25) is 0 Å². The van der Waals surface area contributed by atoms with Gasteiger partial charge in [0.05, 0.1) is 13.3 Å². The first-order chi connectivity index (χ1) is 16.9. The fraction of sp³-hybridized carbons (Fsp3) is 0.444. The highest BCUT2D eigenvalue weighted by Gasteiger charge is 2.16. The maximum Gasteiger partial charge on any atom is 0.262 e. The molecule has 1 saturated carbocycles. The Labute approximate surface area is 207 Å². The molecule has 0 heterocycles. The summed E-state index contributed by atoms with van der Waals surface area (Å²) in [5.74, 6) is 0.474. The van der Waals surface area contributed by atoms with Crippen molar-refractivity contribution in [3.8, 4) is 11.5 Å². The molecule has 0 aromatic heterocycles. The van der Waals surface area contributed by atoms with Gasteiger partial charge in [-0.1, -0.05) is 42.1 Å². The highest BCUT2D eigenvalue weighted by atomic mass is 16.6. The van der Waals surface area contributed by atoms with Crippen molar-refractivity contribution in [2.24, 2.45) is 5.16 Å². The number of carbonyl (C=O) groups is 2. The fourth-order valence-electron chi connectivity index (χ4n) is 4.29. The zero-order valence-electron chi connectivity index (χ0n) is 21.0. The summed E-state index contributed by atoms with van der Waals surface area (Å²) in [5.41, 5.74) is 4.67. The lowest BCUT2D eigenvalue weighted by Crippen LogP contribution is -2.38. The van der Waals surface area contributed by atoms with Gasteiger partial charge in [-0.2, -0.15) is 0 Å². The van der Waals surface area contributed by atoms with Crippen LogP contribution in [0.5, 0.6) is 11.5 Å². The number of nitrogens with one attached hydrogen (secondary N) is 2. The molecule has 0 atom stereocenters. The van der Waals surface area contributed by atoms with Crippen LogP contribution in [0.1, 0.15) is 54.4 Å². The van der Waals surface area contributed by atoms with Gasteiger partial charge in [0.25, 0.3) is 11.8 Å². The summed E-state index contributed by atoms with van der Waals surface area (Å²) >= 11 is 0. The third kappa shape index (κ3) is 8.02. The summed E-state index contributed by atoms with van der Waals surface area (Å²) in [5, 5.41) is 9.78. The quantitative estimate of drug-likeness (QED) is 0.386. The molecule has 8 nitrogen and oxygen atoms in total. The molecule has 35 heavy (non-hydrogen) atoms. The van der Waals surface area contributed by atoms with Crippen molar-refractivity contribution in [3.63, 3.8) is 0 Å². The Morgan fingerprint density at radius 3 is 2.37 bits per heavy atom. The van der Waals surface area contributed by atoms with Crippen LogP contribution in [0.2, 0.25) is 0 Å². The van der Waals surface area contributed by atoms with Crippen molar-refractivity contribution >= 4 is 23.7 Å². The number of hydrogen-bond donors (Lipinski definition) is 2. The minimum atomic E-state index is -0.257. The SMILES string of the molecule is COc1cc(/C=N/OCC(=O)NC2CCCCC2)ccc1OCC(=O)Nc1c(C)cc(C)cc1C. The van der Waals surface area contributed by atoms with Crippen LogP contribution in [0.25, 0.3) is 0 Å². The first kappa shape index (κ1) is 26.1. The number of aryl methyl sites for hydroxylation is 3. The van der Waals surface area contributed by atoms with Gasteiger partial charge in [-0.25, -0.2) is 0 Å². The molecule has 2 N–H and O–H groups in total. The van der Waals surface area contributed by atoms with Crippen LogP contribution in [-0.4, -0.2) is 44.4 Å². The van der Waals surface area contributed by atoms with Crippen molar-refractivity contribution in [3.05, 3.63) is 52.6 Å². The molecule has 0 radical (unpaired) electrons. The third-order valence-electron chi connectivity index (χ3n) is 5.93. The van der Waals surface area contributed by atoms with E-state index in [2.05, 4.69) is 15.8 Å². The zero-order valence-corrected chi connectivity index (χ0v) is 21.0. The van der Waals surface area contributed by atoms with Crippen molar-refractivity contribution in [1.29, 1.82) is 0 Å². The van der Waals surface area contributed by atoms with E-state index in [0.29, 0.717) is 17.1 Å². The lowest BCUT2D eigenvalue weighted by molar-refractivity contribution is -0.126. The molecule has 2 aromatic carbocycles. The second-order valence-electron chi connectivity index (χ2n) is 8.93. The van der Waals surface area contributed by atoms with Crippen LogP contribution in [0.15, 0.2) is 35.5 Å². The van der Waals surface area contributed by atoms with Crippen molar-refractivity contribution < 1.29 is 23.9 Å². The van der Waals surface area contributed by atoms with E-state index in [1.165, 1.54) is 19.7 Å². The van der Waals surface area contributed by atoms with Crippen LogP contribution in [0.3, 0.4) is 0 Å². The number of rotatable bonds is 10. The van der Waals surface area contributed by atoms with E-state index >= 15 is 0 Å². The summed E-state index contributed by atoms with van der Waals surface area (Å²) in [4.78, 5) is 29.6. The molecule has 2 amide bonds. The highest BCUT2D eigenvalue weighted by molar-refractivity contribution is 5.93. The van der Waals surface area contributed by atoms with Crippen LogP contribution < -0.4 is 20.1 Å². The maximum absolute atomic E-state index is 12.4. The smallest absolute Gasteiger partial charge is 0.262 e. The third-order valence-corrected chi connectivity index (χ3v) is 5.93. The predicted octanol–water partition coefficient (Wildman–Crippen LogP) is 4.44. The highest BCUT2D eigenvalue weighted by Crippen LogP contribution is 2.28. The van der Waals surface area contributed by atoms with E-state index in [1.807, 2.05) is 32.9 Å². The van der Waals surface area contributed by atoms with Gasteiger partial charge in [0.1, 0.15) is 0 Å². The minimum Gasteiger partial charge on any atom is -0.493 e.